The third-order valence-electron chi connectivity index (χ3n) is 3.90. The van der Waals surface area contributed by atoms with Gasteiger partial charge in [-0.1, -0.05) is 44.4 Å². The zero-order valence-corrected chi connectivity index (χ0v) is 9.60. The van der Waals surface area contributed by atoms with E-state index >= 15 is 0 Å². The van der Waals surface area contributed by atoms with Crippen LogP contribution < -0.4 is 0 Å². The van der Waals surface area contributed by atoms with Gasteiger partial charge in [0.2, 0.25) is 0 Å². The van der Waals surface area contributed by atoms with Crippen molar-refractivity contribution in [3.05, 3.63) is 23.3 Å². The first-order valence-electron chi connectivity index (χ1n) is 6.18. The molecule has 0 bridgehead atoms. The van der Waals surface area contributed by atoms with Gasteiger partial charge < -0.3 is 0 Å². The van der Waals surface area contributed by atoms with E-state index in [1.54, 1.807) is 11.1 Å². The molecule has 0 saturated heterocycles. The Bertz CT molecular complexity index is 270. The molecule has 0 aromatic heterocycles. The average Bonchev–Trinajstić information content (AvgIpc) is 2.55. The molecule has 0 radical (unpaired) electrons. The molecule has 0 N–H and O–H groups in total. The van der Waals surface area contributed by atoms with Gasteiger partial charge in [-0.25, -0.2) is 0 Å². The van der Waals surface area contributed by atoms with Crippen LogP contribution in [0, 0.1) is 5.41 Å². The van der Waals surface area contributed by atoms with E-state index in [1.165, 1.54) is 44.9 Å². The minimum atomic E-state index is 0.436. The summed E-state index contributed by atoms with van der Waals surface area (Å²) in [5, 5.41) is 0. The Morgan fingerprint density at radius 2 is 2.07 bits per heavy atom. The molecule has 1 atom stereocenters. The summed E-state index contributed by atoms with van der Waals surface area (Å²) in [5.41, 5.74) is 3.89. The lowest BCUT2D eigenvalue weighted by molar-refractivity contribution is 0.425. The molecule has 0 aromatic rings. The molecule has 0 saturated carbocycles. The molecule has 78 valence electrons. The first kappa shape index (κ1) is 10.0. The summed E-state index contributed by atoms with van der Waals surface area (Å²) < 4.78 is 0. The SMILES string of the molecule is CCCCC1(C)C=CC2=C1CCCC2. The molecule has 2 aliphatic rings. The third-order valence-corrected chi connectivity index (χ3v) is 3.90. The van der Waals surface area contributed by atoms with E-state index in [4.69, 9.17) is 0 Å². The zero-order chi connectivity index (χ0) is 10.0. The van der Waals surface area contributed by atoms with Crippen LogP contribution in [-0.4, -0.2) is 0 Å². The number of allylic oxidation sites excluding steroid dienone is 4. The molecule has 0 fully saturated rings. The predicted octanol–water partition coefficient (Wildman–Crippen LogP) is 4.62. The smallest absolute Gasteiger partial charge is 0.00715 e. The largest absolute Gasteiger partial charge is 0.0743 e. The normalized spacial score (nSPS) is 31.0. The fourth-order valence-corrected chi connectivity index (χ4v) is 2.93. The van der Waals surface area contributed by atoms with Gasteiger partial charge in [0.1, 0.15) is 0 Å². The van der Waals surface area contributed by atoms with Crippen LogP contribution in [-0.2, 0) is 0 Å². The summed E-state index contributed by atoms with van der Waals surface area (Å²) in [7, 11) is 0. The standard InChI is InChI=1S/C14H22/c1-3-4-10-14(2)11-9-12-7-5-6-8-13(12)14/h9,11H,3-8,10H2,1-2H3. The van der Waals surface area contributed by atoms with E-state index in [9.17, 15) is 0 Å². The lowest BCUT2D eigenvalue weighted by Crippen LogP contribution is -2.16. The fraction of sp³-hybridized carbons (Fsp3) is 0.714. The summed E-state index contributed by atoms with van der Waals surface area (Å²) in [6.07, 6.45) is 14.5. The minimum absolute atomic E-state index is 0.436. The van der Waals surface area contributed by atoms with E-state index in [0.717, 1.165) is 0 Å². The number of hydrogen-bond acceptors (Lipinski definition) is 0. The van der Waals surface area contributed by atoms with Crippen LogP contribution in [0.5, 0.6) is 0 Å². The van der Waals surface area contributed by atoms with Crippen molar-refractivity contribution in [3.63, 3.8) is 0 Å². The van der Waals surface area contributed by atoms with Gasteiger partial charge in [-0.3, -0.25) is 0 Å². The second-order valence-electron chi connectivity index (χ2n) is 5.07. The Balaban J connectivity index is 2.13. The monoisotopic (exact) mass is 190 g/mol. The van der Waals surface area contributed by atoms with Crippen LogP contribution in [0.3, 0.4) is 0 Å². The van der Waals surface area contributed by atoms with Crippen molar-refractivity contribution >= 4 is 0 Å². The lowest BCUT2D eigenvalue weighted by atomic mass is 9.75. The second kappa shape index (κ2) is 3.92. The van der Waals surface area contributed by atoms with E-state index in [2.05, 4.69) is 26.0 Å². The molecule has 0 heterocycles. The molecule has 0 aromatic carbocycles. The number of rotatable bonds is 3. The van der Waals surface area contributed by atoms with Gasteiger partial charge in [0.25, 0.3) is 0 Å². The van der Waals surface area contributed by atoms with Crippen molar-refractivity contribution in [2.24, 2.45) is 5.41 Å². The highest BCUT2D eigenvalue weighted by atomic mass is 14.4. The fourth-order valence-electron chi connectivity index (χ4n) is 2.93. The van der Waals surface area contributed by atoms with Gasteiger partial charge in [0.05, 0.1) is 0 Å². The van der Waals surface area contributed by atoms with E-state index in [1.807, 2.05) is 0 Å². The van der Waals surface area contributed by atoms with Crippen molar-refractivity contribution in [2.75, 3.05) is 0 Å². The summed E-state index contributed by atoms with van der Waals surface area (Å²) in [4.78, 5) is 0. The van der Waals surface area contributed by atoms with Gasteiger partial charge in [-0.05, 0) is 37.7 Å². The molecule has 0 aliphatic heterocycles. The summed E-state index contributed by atoms with van der Waals surface area (Å²) in [5.74, 6) is 0. The molecule has 0 spiro atoms. The van der Waals surface area contributed by atoms with E-state index in [-0.39, 0.29) is 0 Å². The lowest BCUT2D eigenvalue weighted by Gasteiger charge is -2.29. The maximum Gasteiger partial charge on any atom is 0.00715 e. The van der Waals surface area contributed by atoms with Crippen molar-refractivity contribution < 1.29 is 0 Å². The molecule has 2 aliphatic carbocycles. The van der Waals surface area contributed by atoms with Crippen LogP contribution in [0.4, 0.5) is 0 Å². The third kappa shape index (κ3) is 1.67. The summed E-state index contributed by atoms with van der Waals surface area (Å²) in [6.45, 7) is 4.73. The number of hydrogen-bond donors (Lipinski definition) is 0. The molecule has 1 unspecified atom stereocenters. The van der Waals surface area contributed by atoms with Crippen LogP contribution in [0.1, 0.15) is 58.8 Å². The number of unbranched alkanes of at least 4 members (excludes halogenated alkanes) is 1. The van der Waals surface area contributed by atoms with Gasteiger partial charge in [-0.2, -0.15) is 0 Å². The highest BCUT2D eigenvalue weighted by Gasteiger charge is 2.32. The Hall–Kier alpha value is -0.520. The Morgan fingerprint density at radius 1 is 1.29 bits per heavy atom. The van der Waals surface area contributed by atoms with Gasteiger partial charge >= 0.3 is 0 Å². The van der Waals surface area contributed by atoms with Gasteiger partial charge in [0.15, 0.2) is 0 Å². The quantitative estimate of drug-likeness (QED) is 0.609. The summed E-state index contributed by atoms with van der Waals surface area (Å²) in [6, 6.07) is 0. The Kier molecular flexibility index (Phi) is 2.80. The van der Waals surface area contributed by atoms with Gasteiger partial charge in [0, 0.05) is 5.41 Å². The van der Waals surface area contributed by atoms with E-state index < -0.39 is 0 Å². The van der Waals surface area contributed by atoms with Crippen molar-refractivity contribution in [3.8, 4) is 0 Å². The highest BCUT2D eigenvalue weighted by Crippen LogP contribution is 2.47. The van der Waals surface area contributed by atoms with Gasteiger partial charge in [-0.15, -0.1) is 0 Å². The van der Waals surface area contributed by atoms with Crippen LogP contribution in [0.25, 0.3) is 0 Å². The molecule has 14 heavy (non-hydrogen) atoms. The average molecular weight is 190 g/mol. The zero-order valence-electron chi connectivity index (χ0n) is 9.60. The van der Waals surface area contributed by atoms with Crippen molar-refractivity contribution in [2.45, 2.75) is 58.8 Å². The molecular formula is C14H22. The summed E-state index contributed by atoms with van der Waals surface area (Å²) >= 11 is 0. The first-order valence-corrected chi connectivity index (χ1v) is 6.18. The molecule has 0 amide bonds. The van der Waals surface area contributed by atoms with Crippen LogP contribution in [0.15, 0.2) is 23.3 Å². The maximum atomic E-state index is 2.47. The first-order chi connectivity index (χ1) is 6.76. The molecular weight excluding hydrogens is 168 g/mol. The molecule has 0 nitrogen and oxygen atoms in total. The van der Waals surface area contributed by atoms with Crippen molar-refractivity contribution in [1.29, 1.82) is 0 Å². The molecule has 0 heteroatoms. The second-order valence-corrected chi connectivity index (χ2v) is 5.07. The Labute approximate surface area is 88.1 Å². The topological polar surface area (TPSA) is 0 Å². The van der Waals surface area contributed by atoms with Crippen molar-refractivity contribution in [1.82, 2.24) is 0 Å². The van der Waals surface area contributed by atoms with E-state index in [0.29, 0.717) is 5.41 Å². The minimum Gasteiger partial charge on any atom is -0.0743 e. The molecule has 2 rings (SSSR count). The Morgan fingerprint density at radius 3 is 2.86 bits per heavy atom. The van der Waals surface area contributed by atoms with Crippen LogP contribution >= 0.6 is 0 Å². The highest BCUT2D eigenvalue weighted by molar-refractivity contribution is 5.42. The maximum absolute atomic E-state index is 2.47. The van der Waals surface area contributed by atoms with Crippen LogP contribution in [0.2, 0.25) is 0 Å². The predicted molar refractivity (Wildman–Crippen MR) is 62.3 cm³/mol.